The van der Waals surface area contributed by atoms with Crippen molar-refractivity contribution >= 4 is 15.7 Å². The van der Waals surface area contributed by atoms with Gasteiger partial charge in [-0.1, -0.05) is 78.4 Å². The molecular formula is C29H31N3O3S. The van der Waals surface area contributed by atoms with Crippen molar-refractivity contribution in [2.75, 3.05) is 0 Å². The molecule has 0 aliphatic rings. The molecule has 0 N–H and O–H groups in total. The van der Waals surface area contributed by atoms with Crippen LogP contribution in [0.25, 0.3) is 0 Å². The number of aryl methyl sites for hydroxylation is 1. The van der Waals surface area contributed by atoms with Crippen molar-refractivity contribution in [2.24, 2.45) is 0 Å². The molecule has 0 aliphatic heterocycles. The van der Waals surface area contributed by atoms with E-state index in [2.05, 4.69) is 4.98 Å². The maximum absolute atomic E-state index is 13.5. The van der Waals surface area contributed by atoms with Gasteiger partial charge in [0.1, 0.15) is 0 Å². The van der Waals surface area contributed by atoms with Gasteiger partial charge >= 0.3 is 0 Å². The second-order valence-corrected chi connectivity index (χ2v) is 11.1. The Labute approximate surface area is 213 Å². The quantitative estimate of drug-likeness (QED) is 0.313. The van der Waals surface area contributed by atoms with Crippen LogP contribution in [0.4, 0.5) is 0 Å². The highest BCUT2D eigenvalue weighted by molar-refractivity contribution is 7.90. The van der Waals surface area contributed by atoms with Crippen molar-refractivity contribution in [1.82, 2.24) is 14.5 Å². The second-order valence-electron chi connectivity index (χ2n) is 9.24. The van der Waals surface area contributed by atoms with E-state index in [1.165, 1.54) is 0 Å². The monoisotopic (exact) mass is 501 g/mol. The number of amides is 1. The summed E-state index contributed by atoms with van der Waals surface area (Å²) in [5, 5.41) is 0.0118. The van der Waals surface area contributed by atoms with E-state index < -0.39 is 9.84 Å². The molecule has 0 atom stereocenters. The van der Waals surface area contributed by atoms with Crippen molar-refractivity contribution in [3.05, 3.63) is 119 Å². The molecule has 186 valence electrons. The summed E-state index contributed by atoms with van der Waals surface area (Å²) in [7, 11) is -3.74. The highest BCUT2D eigenvalue weighted by Gasteiger charge is 2.27. The number of sulfone groups is 1. The molecule has 3 aromatic carbocycles. The Morgan fingerprint density at radius 2 is 1.50 bits per heavy atom. The predicted molar refractivity (Wildman–Crippen MR) is 141 cm³/mol. The summed E-state index contributed by atoms with van der Waals surface area (Å²) in [6, 6.07) is 26.2. The maximum Gasteiger partial charge on any atom is 0.254 e. The molecular weight excluding hydrogens is 470 g/mol. The number of benzene rings is 3. The molecule has 0 aliphatic carbocycles. The van der Waals surface area contributed by atoms with E-state index in [4.69, 9.17) is 0 Å². The van der Waals surface area contributed by atoms with E-state index in [1.54, 1.807) is 27.8 Å². The molecule has 4 aromatic rings. The van der Waals surface area contributed by atoms with Gasteiger partial charge in [-0.3, -0.25) is 4.79 Å². The summed E-state index contributed by atoms with van der Waals surface area (Å²) in [4.78, 5) is 19.4. The van der Waals surface area contributed by atoms with Crippen molar-refractivity contribution in [3.8, 4) is 0 Å². The predicted octanol–water partition coefficient (Wildman–Crippen LogP) is 5.26. The van der Waals surface area contributed by atoms with E-state index >= 15 is 0 Å². The lowest BCUT2D eigenvalue weighted by Crippen LogP contribution is -2.37. The number of carbonyl (C=O) groups excluding carboxylic acids is 1. The van der Waals surface area contributed by atoms with Gasteiger partial charge < -0.3 is 9.47 Å². The van der Waals surface area contributed by atoms with Crippen LogP contribution in [0.2, 0.25) is 0 Å². The van der Waals surface area contributed by atoms with Crippen molar-refractivity contribution < 1.29 is 13.2 Å². The van der Waals surface area contributed by atoms with Gasteiger partial charge in [0.05, 0.1) is 30.7 Å². The van der Waals surface area contributed by atoms with Crippen LogP contribution in [-0.2, 0) is 28.7 Å². The SMILES string of the molecule is Cc1ccc(CS(=O)(=O)c2ncc(CN(C(=O)c3ccccc3)C(C)C)n2Cc2ccccc2)cc1. The Hall–Kier alpha value is -3.71. The molecule has 0 spiro atoms. The molecule has 6 nitrogen and oxygen atoms in total. The highest BCUT2D eigenvalue weighted by atomic mass is 32.2. The molecule has 0 saturated heterocycles. The van der Waals surface area contributed by atoms with Gasteiger partial charge in [0.15, 0.2) is 0 Å². The molecule has 0 saturated carbocycles. The average Bonchev–Trinajstić information content (AvgIpc) is 3.27. The van der Waals surface area contributed by atoms with Gasteiger partial charge in [0.2, 0.25) is 15.0 Å². The molecule has 0 fully saturated rings. The van der Waals surface area contributed by atoms with Crippen LogP contribution < -0.4 is 0 Å². The normalized spacial score (nSPS) is 11.6. The zero-order chi connectivity index (χ0) is 25.7. The Balaban J connectivity index is 1.72. The lowest BCUT2D eigenvalue weighted by molar-refractivity contribution is 0.0685. The van der Waals surface area contributed by atoms with Crippen molar-refractivity contribution in [2.45, 2.75) is 50.8 Å². The summed E-state index contributed by atoms with van der Waals surface area (Å²) < 4.78 is 28.8. The fraction of sp³-hybridized carbons (Fsp3) is 0.241. The summed E-state index contributed by atoms with van der Waals surface area (Å²) in [6.07, 6.45) is 1.58. The summed E-state index contributed by atoms with van der Waals surface area (Å²) >= 11 is 0. The van der Waals surface area contributed by atoms with E-state index in [0.29, 0.717) is 23.4 Å². The topological polar surface area (TPSA) is 72.3 Å². The Bertz CT molecular complexity index is 1410. The molecule has 0 bridgehead atoms. The van der Waals surface area contributed by atoms with Gasteiger partial charge in [-0.15, -0.1) is 0 Å². The van der Waals surface area contributed by atoms with Gasteiger partial charge in [0, 0.05) is 11.6 Å². The van der Waals surface area contributed by atoms with Crippen LogP contribution in [0.15, 0.2) is 96.3 Å². The maximum atomic E-state index is 13.5. The lowest BCUT2D eigenvalue weighted by Gasteiger charge is -2.27. The fourth-order valence-electron chi connectivity index (χ4n) is 4.08. The third-order valence-electron chi connectivity index (χ3n) is 6.08. The third kappa shape index (κ3) is 5.91. The zero-order valence-corrected chi connectivity index (χ0v) is 21.7. The molecule has 4 rings (SSSR count). The van der Waals surface area contributed by atoms with Crippen molar-refractivity contribution in [1.29, 1.82) is 0 Å². The number of hydrogen-bond donors (Lipinski definition) is 0. The first-order valence-electron chi connectivity index (χ1n) is 12.0. The van der Waals surface area contributed by atoms with Gasteiger partial charge in [-0.25, -0.2) is 13.4 Å². The van der Waals surface area contributed by atoms with Crippen molar-refractivity contribution in [3.63, 3.8) is 0 Å². The Morgan fingerprint density at radius 3 is 2.11 bits per heavy atom. The summed E-state index contributed by atoms with van der Waals surface area (Å²) in [5.74, 6) is -0.253. The first kappa shape index (κ1) is 25.4. The van der Waals surface area contributed by atoms with Gasteiger partial charge in [-0.05, 0) is 44.0 Å². The standard InChI is InChI=1S/C29H31N3O3S/c1-22(2)31(28(33)26-12-8-5-9-13-26)20-27-18-30-29(32(27)19-24-10-6-4-7-11-24)36(34,35)21-25-16-14-23(3)15-17-25/h4-18,22H,19-21H2,1-3H3. The Kier molecular flexibility index (Phi) is 7.70. The van der Waals surface area contributed by atoms with E-state index in [1.807, 2.05) is 93.6 Å². The molecule has 1 aromatic heterocycles. The highest BCUT2D eigenvalue weighted by Crippen LogP contribution is 2.22. The van der Waals surface area contributed by atoms with Crippen LogP contribution in [-0.4, -0.2) is 34.8 Å². The number of hydrogen-bond acceptors (Lipinski definition) is 4. The number of rotatable bonds is 9. The van der Waals surface area contributed by atoms with Gasteiger partial charge in [-0.2, -0.15) is 0 Å². The summed E-state index contributed by atoms with van der Waals surface area (Å²) in [6.45, 7) is 6.45. The zero-order valence-electron chi connectivity index (χ0n) is 20.8. The average molecular weight is 502 g/mol. The third-order valence-corrected chi connectivity index (χ3v) is 7.67. The molecule has 1 heterocycles. The molecule has 7 heteroatoms. The molecule has 0 radical (unpaired) electrons. The first-order chi connectivity index (χ1) is 17.2. The van der Waals surface area contributed by atoms with E-state index in [9.17, 15) is 13.2 Å². The lowest BCUT2D eigenvalue weighted by atomic mass is 10.1. The largest absolute Gasteiger partial charge is 0.330 e. The van der Waals surface area contributed by atoms with Crippen LogP contribution in [0.1, 0.15) is 46.6 Å². The smallest absolute Gasteiger partial charge is 0.254 e. The first-order valence-corrected chi connectivity index (χ1v) is 13.6. The number of aromatic nitrogens is 2. The molecule has 1 amide bonds. The van der Waals surface area contributed by atoms with E-state index in [0.717, 1.165) is 11.1 Å². The number of carbonyl (C=O) groups is 1. The van der Waals surface area contributed by atoms with Crippen LogP contribution >= 0.6 is 0 Å². The van der Waals surface area contributed by atoms with Gasteiger partial charge in [0.25, 0.3) is 5.91 Å². The molecule has 0 unspecified atom stereocenters. The number of nitrogens with zero attached hydrogens (tertiary/aromatic N) is 3. The van der Waals surface area contributed by atoms with E-state index in [-0.39, 0.29) is 29.4 Å². The second kappa shape index (κ2) is 10.9. The molecule has 36 heavy (non-hydrogen) atoms. The van der Waals surface area contributed by atoms with Crippen LogP contribution in [0, 0.1) is 6.92 Å². The fourth-order valence-corrected chi connectivity index (χ4v) is 5.57. The minimum absolute atomic E-state index is 0.0118. The summed E-state index contributed by atoms with van der Waals surface area (Å²) in [5.41, 5.74) is 3.99. The Morgan fingerprint density at radius 1 is 0.889 bits per heavy atom. The van der Waals surface area contributed by atoms with Crippen LogP contribution in [0.3, 0.4) is 0 Å². The minimum Gasteiger partial charge on any atom is -0.330 e. The number of imidazole rings is 1. The van der Waals surface area contributed by atoms with Crippen LogP contribution in [0.5, 0.6) is 0 Å². The minimum atomic E-state index is -3.74.